The van der Waals surface area contributed by atoms with Crippen molar-refractivity contribution in [1.82, 2.24) is 10.0 Å². The smallest absolute Gasteiger partial charge is 0.273 e. The molecule has 3 N–H and O–H groups in total. The molecule has 118 valence electrons. The largest absolute Gasteiger partial charge is 0.392 e. The van der Waals surface area contributed by atoms with Gasteiger partial charge in [0.15, 0.2) is 0 Å². The second kappa shape index (κ2) is 8.03. The number of rotatable bonds is 9. The highest BCUT2D eigenvalue weighted by atomic mass is 32.2. The molecular weight excluding hydrogens is 298 g/mol. The van der Waals surface area contributed by atoms with Gasteiger partial charge in [0.1, 0.15) is 0 Å². The zero-order valence-electron chi connectivity index (χ0n) is 11.7. The number of benzene rings is 1. The molecule has 0 bridgehead atoms. The fourth-order valence-electron chi connectivity index (χ4n) is 1.67. The lowest BCUT2D eigenvalue weighted by Crippen LogP contribution is -2.35. The Morgan fingerprint density at radius 3 is 2.62 bits per heavy atom. The highest BCUT2D eigenvalue weighted by Crippen LogP contribution is 2.19. The van der Waals surface area contributed by atoms with Gasteiger partial charge in [0.05, 0.1) is 16.8 Å². The maximum absolute atomic E-state index is 11.9. The summed E-state index contributed by atoms with van der Waals surface area (Å²) in [6.07, 6.45) is -0.506. The Bertz CT molecular complexity index is 574. The first-order valence-electron chi connectivity index (χ1n) is 6.40. The van der Waals surface area contributed by atoms with Crippen molar-refractivity contribution in [3.8, 4) is 0 Å². The molecule has 1 rings (SSSR count). The Morgan fingerprint density at radius 2 is 2.00 bits per heavy atom. The molecule has 0 aliphatic carbocycles. The summed E-state index contributed by atoms with van der Waals surface area (Å²) >= 11 is 0. The molecule has 0 spiro atoms. The second-order valence-electron chi connectivity index (χ2n) is 4.59. The van der Waals surface area contributed by atoms with Gasteiger partial charge in [-0.25, -0.2) is 13.1 Å². The number of para-hydroxylation sites is 1. The average Bonchev–Trinajstić information content (AvgIpc) is 2.37. The first-order valence-corrected chi connectivity index (χ1v) is 8.05. The van der Waals surface area contributed by atoms with E-state index in [0.29, 0.717) is 13.1 Å². The summed E-state index contributed by atoms with van der Waals surface area (Å²) in [5, 5.41) is 22.7. The number of nitro groups is 1. The van der Waals surface area contributed by atoms with Crippen molar-refractivity contribution in [1.29, 1.82) is 0 Å². The highest BCUT2D eigenvalue weighted by molar-refractivity contribution is 7.88. The Kier molecular flexibility index (Phi) is 6.69. The Hall–Kier alpha value is -1.55. The summed E-state index contributed by atoms with van der Waals surface area (Å²) in [6, 6.07) is 5.74. The lowest BCUT2D eigenvalue weighted by Gasteiger charge is -2.09. The fraction of sp³-hybridized carbons (Fsp3) is 0.500. The number of sulfonamides is 1. The molecular formula is C12H19N3O5S. The van der Waals surface area contributed by atoms with E-state index in [1.54, 1.807) is 13.0 Å². The van der Waals surface area contributed by atoms with Crippen LogP contribution >= 0.6 is 0 Å². The van der Waals surface area contributed by atoms with E-state index in [4.69, 9.17) is 5.11 Å². The number of hydrogen-bond acceptors (Lipinski definition) is 6. The number of nitro benzene ring substituents is 1. The van der Waals surface area contributed by atoms with Gasteiger partial charge in [-0.05, 0) is 6.92 Å². The van der Waals surface area contributed by atoms with E-state index < -0.39 is 26.8 Å². The van der Waals surface area contributed by atoms with Gasteiger partial charge in [0, 0.05) is 31.3 Å². The monoisotopic (exact) mass is 317 g/mol. The van der Waals surface area contributed by atoms with Gasteiger partial charge in [0.2, 0.25) is 10.0 Å². The molecule has 1 aromatic rings. The molecule has 0 radical (unpaired) electrons. The summed E-state index contributed by atoms with van der Waals surface area (Å²) in [4.78, 5) is 10.2. The topological polar surface area (TPSA) is 122 Å². The first-order chi connectivity index (χ1) is 9.82. The van der Waals surface area contributed by atoms with E-state index in [-0.39, 0.29) is 17.8 Å². The van der Waals surface area contributed by atoms with Crippen molar-refractivity contribution < 1.29 is 18.4 Å². The van der Waals surface area contributed by atoms with Gasteiger partial charge >= 0.3 is 0 Å². The van der Waals surface area contributed by atoms with Crippen LogP contribution in [0.15, 0.2) is 24.3 Å². The SMILES string of the molecule is CC(O)CNCCNS(=O)(=O)Cc1ccccc1[N+](=O)[O-]. The van der Waals surface area contributed by atoms with E-state index in [1.807, 2.05) is 0 Å². The second-order valence-corrected chi connectivity index (χ2v) is 6.40. The minimum absolute atomic E-state index is 0.145. The summed E-state index contributed by atoms with van der Waals surface area (Å²) in [7, 11) is -3.65. The van der Waals surface area contributed by atoms with Crippen LogP contribution < -0.4 is 10.0 Å². The molecule has 8 nitrogen and oxygen atoms in total. The number of aliphatic hydroxyl groups is 1. The molecule has 0 fully saturated rings. The summed E-state index contributed by atoms with van der Waals surface area (Å²) in [6.45, 7) is 2.49. The summed E-state index contributed by atoms with van der Waals surface area (Å²) in [5.41, 5.74) is -0.0676. The lowest BCUT2D eigenvalue weighted by atomic mass is 10.2. The van der Waals surface area contributed by atoms with Gasteiger partial charge < -0.3 is 10.4 Å². The van der Waals surface area contributed by atoms with Gasteiger partial charge in [-0.15, -0.1) is 0 Å². The van der Waals surface area contributed by atoms with Crippen LogP contribution in [0.2, 0.25) is 0 Å². The van der Waals surface area contributed by atoms with E-state index in [1.165, 1.54) is 18.2 Å². The zero-order valence-corrected chi connectivity index (χ0v) is 12.5. The maximum atomic E-state index is 11.9. The Labute approximate surface area is 123 Å². The standard InChI is InChI=1S/C12H19N3O5S/c1-10(16)8-13-6-7-14-21(19,20)9-11-4-2-3-5-12(11)15(17)18/h2-5,10,13-14,16H,6-9H2,1H3. The van der Waals surface area contributed by atoms with E-state index in [9.17, 15) is 18.5 Å². The number of nitrogens with one attached hydrogen (secondary N) is 2. The quantitative estimate of drug-likeness (QED) is 0.334. The van der Waals surface area contributed by atoms with E-state index in [2.05, 4.69) is 10.0 Å². The molecule has 1 aromatic carbocycles. The van der Waals surface area contributed by atoms with Crippen LogP contribution in [-0.2, 0) is 15.8 Å². The third-order valence-electron chi connectivity index (χ3n) is 2.60. The van der Waals surface area contributed by atoms with Crippen molar-refractivity contribution in [2.75, 3.05) is 19.6 Å². The Morgan fingerprint density at radius 1 is 1.33 bits per heavy atom. The minimum Gasteiger partial charge on any atom is -0.392 e. The van der Waals surface area contributed by atoms with Crippen LogP contribution in [0, 0.1) is 10.1 Å². The van der Waals surface area contributed by atoms with Crippen LogP contribution in [-0.4, -0.2) is 44.2 Å². The number of aliphatic hydroxyl groups excluding tert-OH is 1. The number of nitrogens with zero attached hydrogens (tertiary/aromatic N) is 1. The third kappa shape index (κ3) is 6.63. The molecule has 1 unspecified atom stereocenters. The van der Waals surface area contributed by atoms with Crippen LogP contribution in [0.3, 0.4) is 0 Å². The van der Waals surface area contributed by atoms with Crippen molar-refractivity contribution >= 4 is 15.7 Å². The van der Waals surface area contributed by atoms with Crippen LogP contribution in [0.25, 0.3) is 0 Å². The molecule has 21 heavy (non-hydrogen) atoms. The van der Waals surface area contributed by atoms with Crippen LogP contribution in [0.4, 0.5) is 5.69 Å². The van der Waals surface area contributed by atoms with E-state index >= 15 is 0 Å². The normalized spacial score (nSPS) is 13.0. The summed E-state index contributed by atoms with van der Waals surface area (Å²) in [5.74, 6) is -0.444. The van der Waals surface area contributed by atoms with Crippen LogP contribution in [0.5, 0.6) is 0 Å². The molecule has 0 aliphatic rings. The molecule has 0 saturated carbocycles. The van der Waals surface area contributed by atoms with Gasteiger partial charge in [-0.3, -0.25) is 10.1 Å². The molecule has 0 heterocycles. The first kappa shape index (κ1) is 17.5. The minimum atomic E-state index is -3.65. The predicted molar refractivity (Wildman–Crippen MR) is 78.3 cm³/mol. The molecule has 0 aliphatic heterocycles. The van der Waals surface area contributed by atoms with Crippen molar-refractivity contribution in [2.45, 2.75) is 18.8 Å². The van der Waals surface area contributed by atoms with Crippen molar-refractivity contribution in [2.24, 2.45) is 0 Å². The van der Waals surface area contributed by atoms with E-state index in [0.717, 1.165) is 0 Å². The van der Waals surface area contributed by atoms with Crippen molar-refractivity contribution in [3.63, 3.8) is 0 Å². The molecule has 1 atom stereocenters. The molecule has 0 aromatic heterocycles. The maximum Gasteiger partial charge on any atom is 0.273 e. The van der Waals surface area contributed by atoms with Gasteiger partial charge in [-0.2, -0.15) is 0 Å². The van der Waals surface area contributed by atoms with Crippen molar-refractivity contribution in [3.05, 3.63) is 39.9 Å². The Balaban J connectivity index is 2.55. The zero-order chi connectivity index (χ0) is 15.9. The van der Waals surface area contributed by atoms with Gasteiger partial charge in [0.25, 0.3) is 5.69 Å². The lowest BCUT2D eigenvalue weighted by molar-refractivity contribution is -0.385. The summed E-state index contributed by atoms with van der Waals surface area (Å²) < 4.78 is 26.1. The number of hydrogen-bond donors (Lipinski definition) is 3. The molecule has 0 saturated heterocycles. The predicted octanol–water partition coefficient (Wildman–Crippen LogP) is -0.0154. The molecule has 0 amide bonds. The van der Waals surface area contributed by atoms with Gasteiger partial charge in [-0.1, -0.05) is 18.2 Å². The average molecular weight is 317 g/mol. The third-order valence-corrected chi connectivity index (χ3v) is 3.93. The fourth-order valence-corrected chi connectivity index (χ4v) is 2.84. The van der Waals surface area contributed by atoms with Crippen LogP contribution in [0.1, 0.15) is 12.5 Å². The molecule has 9 heteroatoms. The highest BCUT2D eigenvalue weighted by Gasteiger charge is 2.19.